The molecule has 0 saturated carbocycles. The van der Waals surface area contributed by atoms with Gasteiger partial charge in [0.15, 0.2) is 0 Å². The van der Waals surface area contributed by atoms with Gasteiger partial charge >= 0.3 is 24.3 Å². The van der Waals surface area contributed by atoms with Crippen molar-refractivity contribution >= 4 is 45.9 Å². The van der Waals surface area contributed by atoms with Crippen molar-refractivity contribution in [2.75, 3.05) is 11.9 Å². The minimum atomic E-state index is -5.08. The number of rotatable bonds is 3. The van der Waals surface area contributed by atoms with E-state index in [0.29, 0.717) is 11.6 Å². The van der Waals surface area contributed by atoms with Gasteiger partial charge in [-0.25, -0.2) is 29.5 Å². The molecule has 0 fully saturated rings. The molecule has 3 N–H and O–H groups in total. The number of nitrogens with one attached hydrogen (secondary N) is 1. The Kier molecular flexibility index (Phi) is 10.1. The number of alkyl halides is 6. The van der Waals surface area contributed by atoms with E-state index in [4.69, 9.17) is 46.1 Å². The highest BCUT2D eigenvalue weighted by Gasteiger charge is 2.38. The van der Waals surface area contributed by atoms with Gasteiger partial charge in [-0.15, -0.1) is 0 Å². The summed E-state index contributed by atoms with van der Waals surface area (Å²) in [5, 5.41) is 19.2. The molecule has 42 heavy (non-hydrogen) atoms. The maximum Gasteiger partial charge on any atom is 0.490 e. The summed E-state index contributed by atoms with van der Waals surface area (Å²) in [5.74, 6) is -3.12. The Balaban J connectivity index is 0.000000289. The molecule has 0 radical (unpaired) electrons. The van der Waals surface area contributed by atoms with Gasteiger partial charge in [-0.1, -0.05) is 23.7 Å². The Morgan fingerprint density at radius 3 is 2.12 bits per heavy atom. The molecule has 3 heterocycles. The first-order chi connectivity index (χ1) is 19.6. The number of aliphatic carboxylic acids is 2. The number of hydrogen-bond donors (Lipinski definition) is 3. The molecule has 1 atom stereocenters. The summed E-state index contributed by atoms with van der Waals surface area (Å²) >= 11 is 6.16. The summed E-state index contributed by atoms with van der Waals surface area (Å²) < 4.78 is 69.4. The zero-order valence-electron chi connectivity index (χ0n) is 20.8. The lowest BCUT2D eigenvalue weighted by molar-refractivity contribution is -0.193. The molecule has 0 spiro atoms. The molecule has 17 heteroatoms. The molecule has 0 aliphatic carbocycles. The quantitative estimate of drug-likeness (QED) is 0.241. The van der Waals surface area contributed by atoms with Gasteiger partial charge in [0.2, 0.25) is 0 Å². The van der Waals surface area contributed by atoms with Gasteiger partial charge in [-0.2, -0.15) is 26.3 Å². The van der Waals surface area contributed by atoms with Gasteiger partial charge in [-0.05, 0) is 42.3 Å². The van der Waals surface area contributed by atoms with Crippen LogP contribution in [0.2, 0.25) is 5.02 Å². The van der Waals surface area contributed by atoms with Crippen LogP contribution < -0.4 is 10.1 Å². The number of carboxylic acids is 2. The first-order valence-corrected chi connectivity index (χ1v) is 11.8. The van der Waals surface area contributed by atoms with Crippen LogP contribution in [0.4, 0.5) is 37.8 Å². The van der Waals surface area contributed by atoms with Crippen LogP contribution >= 0.6 is 11.6 Å². The first kappa shape index (κ1) is 31.8. The number of fused-ring (bicyclic) bond motifs is 2. The number of benzene rings is 2. The zero-order valence-corrected chi connectivity index (χ0v) is 21.6. The van der Waals surface area contributed by atoms with E-state index in [0.717, 1.165) is 46.0 Å². The number of nitrogens with zero attached hydrogens (tertiary/aromatic N) is 4. The standard InChI is InChI=1S/C21H16ClN5O.2C2HF3O2/c22-15-5-6-19-13(8-15)7-14(11-28-19)20-26-18-4-2-1-3-17(18)21(27-20)25-16-9-23-12-24-10-16;2*3-2(4,5)1(6)7/h1-6,8-10,12,14H,7,11H2,(H,25,26,27);2*(H,6,7). The topological polar surface area (TPSA) is 147 Å². The summed E-state index contributed by atoms with van der Waals surface area (Å²) in [6, 6.07) is 13.6. The molecule has 1 unspecified atom stereocenters. The normalized spacial score (nSPS) is 14.2. The largest absolute Gasteiger partial charge is 0.493 e. The number of hydrogen-bond acceptors (Lipinski definition) is 8. The van der Waals surface area contributed by atoms with E-state index >= 15 is 0 Å². The maximum atomic E-state index is 10.6. The highest BCUT2D eigenvalue weighted by molar-refractivity contribution is 6.30. The van der Waals surface area contributed by atoms with Crippen molar-refractivity contribution < 1.29 is 50.9 Å². The third kappa shape index (κ3) is 8.89. The van der Waals surface area contributed by atoms with Crippen LogP contribution in [0.5, 0.6) is 5.75 Å². The van der Waals surface area contributed by atoms with Gasteiger partial charge in [0, 0.05) is 10.4 Å². The summed E-state index contributed by atoms with van der Waals surface area (Å²) in [6.45, 7) is 0.529. The van der Waals surface area contributed by atoms with Crippen molar-refractivity contribution in [1.29, 1.82) is 0 Å². The van der Waals surface area contributed by atoms with Gasteiger partial charge in [0.1, 0.15) is 23.7 Å². The van der Waals surface area contributed by atoms with Gasteiger partial charge < -0.3 is 20.3 Å². The lowest BCUT2D eigenvalue weighted by Gasteiger charge is -2.25. The molecule has 0 amide bonds. The summed E-state index contributed by atoms with van der Waals surface area (Å²) in [4.78, 5) is 35.5. The van der Waals surface area contributed by atoms with Gasteiger partial charge in [0.05, 0.1) is 36.1 Å². The Morgan fingerprint density at radius 2 is 1.52 bits per heavy atom. The number of para-hydroxylation sites is 1. The zero-order chi connectivity index (χ0) is 31.1. The molecule has 2 aromatic carbocycles. The summed E-state index contributed by atoms with van der Waals surface area (Å²) in [6.07, 6.45) is -4.46. The number of ether oxygens (including phenoxy) is 1. The molecule has 10 nitrogen and oxygen atoms in total. The molecule has 1 aliphatic heterocycles. The minimum absolute atomic E-state index is 0.0446. The molecular formula is C25H18ClF6N5O5. The number of carbonyl (C=O) groups is 2. The average Bonchev–Trinajstić information content (AvgIpc) is 2.93. The predicted octanol–water partition coefficient (Wildman–Crippen LogP) is 5.80. The third-order valence-electron chi connectivity index (χ3n) is 5.22. The van der Waals surface area contributed by atoms with Crippen molar-refractivity contribution in [2.45, 2.75) is 24.7 Å². The average molecular weight is 618 g/mol. The predicted molar refractivity (Wildman–Crippen MR) is 136 cm³/mol. The molecule has 222 valence electrons. The van der Waals surface area contributed by atoms with Crippen LogP contribution in [0.15, 0.2) is 61.2 Å². The Labute approximate surface area is 237 Å². The molecule has 0 saturated heterocycles. The number of halogens is 7. The summed E-state index contributed by atoms with van der Waals surface area (Å²) in [7, 11) is 0. The smallest absolute Gasteiger partial charge is 0.490 e. The number of aromatic nitrogens is 4. The highest BCUT2D eigenvalue weighted by atomic mass is 35.5. The van der Waals surface area contributed by atoms with E-state index < -0.39 is 24.3 Å². The van der Waals surface area contributed by atoms with E-state index in [9.17, 15) is 26.3 Å². The lowest BCUT2D eigenvalue weighted by atomic mass is 9.96. The van der Waals surface area contributed by atoms with Gasteiger partial charge in [0.25, 0.3) is 0 Å². The molecule has 1 aliphatic rings. The Hall–Kier alpha value is -4.73. The van der Waals surface area contributed by atoms with E-state index in [1.54, 1.807) is 12.4 Å². The molecule has 4 aromatic rings. The maximum absolute atomic E-state index is 10.6. The first-order valence-electron chi connectivity index (χ1n) is 11.4. The molecule has 5 rings (SSSR count). The molecular weight excluding hydrogens is 600 g/mol. The van der Waals surface area contributed by atoms with Crippen LogP contribution in [0.3, 0.4) is 0 Å². The monoisotopic (exact) mass is 617 g/mol. The van der Waals surface area contributed by atoms with Crippen LogP contribution in [0.25, 0.3) is 10.9 Å². The van der Waals surface area contributed by atoms with E-state index in [1.165, 1.54) is 6.33 Å². The Bertz CT molecular complexity index is 1530. The van der Waals surface area contributed by atoms with Crippen LogP contribution in [-0.4, -0.2) is 61.0 Å². The van der Waals surface area contributed by atoms with Crippen LogP contribution in [-0.2, 0) is 16.0 Å². The minimum Gasteiger partial charge on any atom is -0.493 e. The highest BCUT2D eigenvalue weighted by Crippen LogP contribution is 2.34. The second-order valence-corrected chi connectivity index (χ2v) is 8.71. The van der Waals surface area contributed by atoms with Crippen molar-refractivity contribution in [1.82, 2.24) is 19.9 Å². The lowest BCUT2D eigenvalue weighted by Crippen LogP contribution is -2.21. The van der Waals surface area contributed by atoms with Crippen molar-refractivity contribution in [3.05, 3.63) is 77.6 Å². The van der Waals surface area contributed by atoms with Crippen molar-refractivity contribution in [2.24, 2.45) is 0 Å². The SMILES string of the molecule is Clc1ccc2c(c1)CC(c1nc(Nc3cncnc3)c3ccccc3n1)CO2.O=C(O)C(F)(F)F.O=C(O)C(F)(F)F. The second-order valence-electron chi connectivity index (χ2n) is 8.27. The molecule has 2 aromatic heterocycles. The van der Waals surface area contributed by atoms with Gasteiger partial charge in [-0.3, -0.25) is 0 Å². The number of anilines is 2. The van der Waals surface area contributed by atoms with E-state index in [2.05, 4.69) is 15.3 Å². The van der Waals surface area contributed by atoms with E-state index in [1.807, 2.05) is 42.5 Å². The fourth-order valence-electron chi connectivity index (χ4n) is 3.40. The molecule has 0 bridgehead atoms. The van der Waals surface area contributed by atoms with E-state index in [-0.39, 0.29) is 5.92 Å². The fourth-order valence-corrected chi connectivity index (χ4v) is 3.60. The second kappa shape index (κ2) is 13.3. The van der Waals surface area contributed by atoms with Crippen molar-refractivity contribution in [3.8, 4) is 5.75 Å². The fraction of sp³-hybridized carbons (Fsp3) is 0.200. The van der Waals surface area contributed by atoms with Crippen LogP contribution in [0.1, 0.15) is 17.3 Å². The summed E-state index contributed by atoms with van der Waals surface area (Å²) in [5.41, 5.74) is 2.73. The number of carboxylic acid groups (broad SMARTS) is 2. The van der Waals surface area contributed by atoms with Crippen molar-refractivity contribution in [3.63, 3.8) is 0 Å². The Morgan fingerprint density at radius 1 is 0.929 bits per heavy atom. The third-order valence-corrected chi connectivity index (χ3v) is 5.46. The van der Waals surface area contributed by atoms with Crippen LogP contribution in [0, 0.1) is 0 Å².